The number of rotatable bonds is 3. The largest absolute Gasteiger partial charge is 0.480 e. The van der Waals surface area contributed by atoms with E-state index >= 15 is 0 Å². The highest BCUT2D eigenvalue weighted by Gasteiger charge is 2.20. The minimum absolute atomic E-state index is 0.377. The maximum atomic E-state index is 10.6. The third-order valence-electron chi connectivity index (χ3n) is 2.57. The van der Waals surface area contributed by atoms with Crippen LogP contribution in [0.3, 0.4) is 0 Å². The third kappa shape index (κ3) is 3.32. The van der Waals surface area contributed by atoms with Gasteiger partial charge in [0.2, 0.25) is 0 Å². The zero-order valence-electron chi connectivity index (χ0n) is 8.29. The number of piperidine rings is 1. The number of hydrogen-bond acceptors (Lipinski definition) is 3. The quantitative estimate of drug-likeness (QED) is 0.658. The number of nitrogens with one attached hydrogen (secondary N) is 1. The van der Waals surface area contributed by atoms with Gasteiger partial charge in [-0.2, -0.15) is 0 Å². The molecule has 0 spiro atoms. The Kier molecular flexibility index (Phi) is 3.69. The smallest absolute Gasteiger partial charge is 0.320 e. The van der Waals surface area contributed by atoms with E-state index in [4.69, 9.17) is 5.11 Å². The first kappa shape index (κ1) is 10.5. The van der Waals surface area contributed by atoms with Crippen LogP contribution in [0.5, 0.6) is 0 Å². The Morgan fingerprint density at radius 2 is 2.08 bits per heavy atom. The fourth-order valence-electron chi connectivity index (χ4n) is 1.60. The zero-order valence-corrected chi connectivity index (χ0v) is 8.29. The van der Waals surface area contributed by atoms with Gasteiger partial charge in [0.1, 0.15) is 6.04 Å². The van der Waals surface area contributed by atoms with E-state index in [-0.39, 0.29) is 0 Å². The highest BCUT2D eigenvalue weighted by atomic mass is 16.4. The summed E-state index contributed by atoms with van der Waals surface area (Å²) in [6.07, 6.45) is 2.10. The molecule has 0 aliphatic carbocycles. The summed E-state index contributed by atoms with van der Waals surface area (Å²) in [6.45, 7) is 3.81. The first-order chi connectivity index (χ1) is 6.09. The highest BCUT2D eigenvalue weighted by molar-refractivity contribution is 5.72. The topological polar surface area (TPSA) is 52.6 Å². The molecule has 1 saturated heterocycles. The Morgan fingerprint density at radius 1 is 1.54 bits per heavy atom. The van der Waals surface area contributed by atoms with Gasteiger partial charge in [0.15, 0.2) is 0 Å². The zero-order chi connectivity index (χ0) is 9.84. The fourth-order valence-corrected chi connectivity index (χ4v) is 1.60. The van der Waals surface area contributed by atoms with Crippen LogP contribution in [-0.4, -0.2) is 48.2 Å². The Labute approximate surface area is 78.9 Å². The van der Waals surface area contributed by atoms with Crippen LogP contribution in [0.15, 0.2) is 0 Å². The van der Waals surface area contributed by atoms with Crippen molar-refractivity contribution in [2.45, 2.75) is 31.8 Å². The highest BCUT2D eigenvalue weighted by Crippen LogP contribution is 2.08. The van der Waals surface area contributed by atoms with Crippen LogP contribution in [0.1, 0.15) is 19.8 Å². The summed E-state index contributed by atoms with van der Waals surface area (Å²) in [7, 11) is 2.09. The van der Waals surface area contributed by atoms with E-state index in [1.807, 2.05) is 0 Å². The van der Waals surface area contributed by atoms with Crippen LogP contribution in [0.4, 0.5) is 0 Å². The van der Waals surface area contributed by atoms with Crippen molar-refractivity contribution >= 4 is 5.97 Å². The summed E-state index contributed by atoms with van der Waals surface area (Å²) in [6, 6.07) is -0.0456. The molecule has 76 valence electrons. The molecule has 0 radical (unpaired) electrons. The maximum absolute atomic E-state index is 10.6. The van der Waals surface area contributed by atoms with Crippen molar-refractivity contribution in [1.82, 2.24) is 10.2 Å². The minimum atomic E-state index is -0.765. The second-order valence-electron chi connectivity index (χ2n) is 3.80. The molecule has 0 saturated carbocycles. The summed E-state index contributed by atoms with van der Waals surface area (Å²) < 4.78 is 0. The monoisotopic (exact) mass is 186 g/mol. The molecule has 1 fully saturated rings. The Bertz CT molecular complexity index is 176. The molecule has 0 amide bonds. The standard InChI is InChI=1S/C9H18N2O2/c1-7(9(12)13)10-8-3-5-11(2)6-4-8/h7-8,10H,3-6H2,1-2H3,(H,12,13). The summed E-state index contributed by atoms with van der Waals surface area (Å²) >= 11 is 0. The summed E-state index contributed by atoms with van der Waals surface area (Å²) in [5.41, 5.74) is 0. The molecule has 0 aromatic heterocycles. The van der Waals surface area contributed by atoms with E-state index in [1.165, 1.54) is 0 Å². The molecule has 2 N–H and O–H groups in total. The van der Waals surface area contributed by atoms with Gasteiger partial charge in [0, 0.05) is 6.04 Å². The number of likely N-dealkylation sites (tertiary alicyclic amines) is 1. The maximum Gasteiger partial charge on any atom is 0.320 e. The number of aliphatic carboxylic acids is 1. The lowest BCUT2D eigenvalue weighted by molar-refractivity contribution is -0.139. The summed E-state index contributed by atoms with van der Waals surface area (Å²) in [4.78, 5) is 12.8. The SMILES string of the molecule is CC(NC1CCN(C)CC1)C(=O)O. The minimum Gasteiger partial charge on any atom is -0.480 e. The number of hydrogen-bond donors (Lipinski definition) is 2. The molecule has 0 aromatic carbocycles. The first-order valence-electron chi connectivity index (χ1n) is 4.77. The number of carboxylic acid groups (broad SMARTS) is 1. The summed E-state index contributed by atoms with van der Waals surface area (Å²) in [5, 5.41) is 11.8. The number of nitrogens with zero attached hydrogens (tertiary/aromatic N) is 1. The van der Waals surface area contributed by atoms with Crippen molar-refractivity contribution in [3.05, 3.63) is 0 Å². The average Bonchev–Trinajstić information content (AvgIpc) is 2.08. The molecule has 1 rings (SSSR count). The molecule has 1 aliphatic rings. The van der Waals surface area contributed by atoms with E-state index in [0.717, 1.165) is 25.9 Å². The lowest BCUT2D eigenvalue weighted by atomic mass is 10.0. The van der Waals surface area contributed by atoms with Crippen molar-refractivity contribution in [3.8, 4) is 0 Å². The molecule has 4 heteroatoms. The predicted octanol–water partition coefficient (Wildman–Crippen LogP) is 0.143. The third-order valence-corrected chi connectivity index (χ3v) is 2.57. The molecular weight excluding hydrogens is 168 g/mol. The van der Waals surface area contributed by atoms with Gasteiger partial charge in [-0.3, -0.25) is 4.79 Å². The number of carbonyl (C=O) groups is 1. The van der Waals surface area contributed by atoms with Crippen molar-refractivity contribution < 1.29 is 9.90 Å². The van der Waals surface area contributed by atoms with Gasteiger partial charge in [-0.15, -0.1) is 0 Å². The molecule has 13 heavy (non-hydrogen) atoms. The Hall–Kier alpha value is -0.610. The van der Waals surface area contributed by atoms with E-state index in [0.29, 0.717) is 6.04 Å². The molecule has 1 heterocycles. The van der Waals surface area contributed by atoms with E-state index in [2.05, 4.69) is 17.3 Å². The Balaban J connectivity index is 2.26. The van der Waals surface area contributed by atoms with Crippen molar-refractivity contribution in [3.63, 3.8) is 0 Å². The molecule has 1 atom stereocenters. The van der Waals surface area contributed by atoms with Crippen LogP contribution < -0.4 is 5.32 Å². The van der Waals surface area contributed by atoms with Gasteiger partial charge in [-0.05, 0) is 39.9 Å². The van der Waals surface area contributed by atoms with Gasteiger partial charge < -0.3 is 15.3 Å². The lowest BCUT2D eigenvalue weighted by Gasteiger charge is -2.30. The van der Waals surface area contributed by atoms with Crippen LogP contribution in [0.2, 0.25) is 0 Å². The van der Waals surface area contributed by atoms with Crippen molar-refractivity contribution in [2.24, 2.45) is 0 Å². The van der Waals surface area contributed by atoms with Crippen LogP contribution >= 0.6 is 0 Å². The molecule has 0 aromatic rings. The van der Waals surface area contributed by atoms with E-state index in [1.54, 1.807) is 6.92 Å². The normalized spacial score (nSPS) is 22.9. The van der Waals surface area contributed by atoms with Gasteiger partial charge >= 0.3 is 5.97 Å². The molecule has 0 bridgehead atoms. The molecule has 1 unspecified atom stereocenters. The van der Waals surface area contributed by atoms with Crippen LogP contribution in [0.25, 0.3) is 0 Å². The fraction of sp³-hybridized carbons (Fsp3) is 0.889. The van der Waals surface area contributed by atoms with Gasteiger partial charge in [0.25, 0.3) is 0 Å². The van der Waals surface area contributed by atoms with Gasteiger partial charge in [-0.1, -0.05) is 0 Å². The van der Waals surface area contributed by atoms with Gasteiger partial charge in [-0.25, -0.2) is 0 Å². The molecule has 4 nitrogen and oxygen atoms in total. The predicted molar refractivity (Wildman–Crippen MR) is 50.8 cm³/mol. The van der Waals surface area contributed by atoms with Crippen LogP contribution in [0, 0.1) is 0 Å². The molecule has 1 aliphatic heterocycles. The van der Waals surface area contributed by atoms with Crippen LogP contribution in [-0.2, 0) is 4.79 Å². The average molecular weight is 186 g/mol. The van der Waals surface area contributed by atoms with Crippen molar-refractivity contribution in [2.75, 3.05) is 20.1 Å². The van der Waals surface area contributed by atoms with E-state index < -0.39 is 12.0 Å². The lowest BCUT2D eigenvalue weighted by Crippen LogP contribution is -2.46. The van der Waals surface area contributed by atoms with Crippen molar-refractivity contribution in [1.29, 1.82) is 0 Å². The van der Waals surface area contributed by atoms with E-state index in [9.17, 15) is 4.79 Å². The Morgan fingerprint density at radius 3 is 2.54 bits per heavy atom. The number of carboxylic acids is 1. The summed E-state index contributed by atoms with van der Waals surface area (Å²) in [5.74, 6) is -0.765. The first-order valence-corrected chi connectivity index (χ1v) is 4.77. The second-order valence-corrected chi connectivity index (χ2v) is 3.80. The molecular formula is C9H18N2O2. The second kappa shape index (κ2) is 4.58. The van der Waals surface area contributed by atoms with Gasteiger partial charge in [0.05, 0.1) is 0 Å².